The Morgan fingerprint density at radius 1 is 1.16 bits per heavy atom. The minimum Gasteiger partial charge on any atom is -0.493 e. The summed E-state index contributed by atoms with van der Waals surface area (Å²) >= 11 is 0. The van der Waals surface area contributed by atoms with Gasteiger partial charge >= 0.3 is 12.1 Å². The highest BCUT2D eigenvalue weighted by molar-refractivity contribution is 5.81. The lowest BCUT2D eigenvalue weighted by atomic mass is 9.91. The van der Waals surface area contributed by atoms with Gasteiger partial charge in [0.15, 0.2) is 6.61 Å². The molecule has 200 valence electrons. The first-order valence-electron chi connectivity index (χ1n) is 12.6. The van der Waals surface area contributed by atoms with Crippen LogP contribution in [0.3, 0.4) is 0 Å². The van der Waals surface area contributed by atoms with Crippen molar-refractivity contribution in [1.82, 2.24) is 4.57 Å². The molecule has 0 saturated carbocycles. The van der Waals surface area contributed by atoms with E-state index in [4.69, 9.17) is 19.3 Å². The van der Waals surface area contributed by atoms with Gasteiger partial charge in [-0.05, 0) is 43.2 Å². The highest BCUT2D eigenvalue weighted by Gasteiger charge is 2.51. The summed E-state index contributed by atoms with van der Waals surface area (Å²) in [5.74, 6) is -1.15. The van der Waals surface area contributed by atoms with Gasteiger partial charge in [-0.25, -0.2) is 4.79 Å². The Morgan fingerprint density at radius 2 is 1.95 bits per heavy atom. The summed E-state index contributed by atoms with van der Waals surface area (Å²) < 4.78 is 60.7. The quantitative estimate of drug-likeness (QED) is 0.310. The zero-order chi connectivity index (χ0) is 26.7. The molecule has 1 aliphatic heterocycles. The number of alkyl halides is 3. The Balaban J connectivity index is 1.47. The van der Waals surface area contributed by atoms with Crippen molar-refractivity contribution in [3.05, 3.63) is 53.7 Å². The number of carboxylic acids is 1. The van der Waals surface area contributed by atoms with Crippen LogP contribution in [0.4, 0.5) is 13.2 Å². The van der Waals surface area contributed by atoms with Crippen LogP contribution in [-0.4, -0.2) is 41.1 Å². The number of fused-ring (bicyclic) bond motifs is 2. The van der Waals surface area contributed by atoms with Crippen molar-refractivity contribution >= 4 is 16.9 Å². The van der Waals surface area contributed by atoms with E-state index >= 15 is 0 Å². The van der Waals surface area contributed by atoms with Gasteiger partial charge in [-0.2, -0.15) is 13.2 Å². The van der Waals surface area contributed by atoms with Crippen LogP contribution >= 0.6 is 0 Å². The van der Waals surface area contributed by atoms with Crippen molar-refractivity contribution in [2.24, 2.45) is 5.92 Å². The van der Waals surface area contributed by atoms with Gasteiger partial charge in [-0.3, -0.25) is 0 Å². The fourth-order valence-corrected chi connectivity index (χ4v) is 4.95. The van der Waals surface area contributed by atoms with Crippen LogP contribution in [0, 0.1) is 5.92 Å². The van der Waals surface area contributed by atoms with E-state index < -0.39 is 30.8 Å². The first kappa shape index (κ1) is 26.7. The molecule has 1 N–H and O–H groups in total. The Hall–Kier alpha value is -3.36. The van der Waals surface area contributed by atoms with E-state index in [0.29, 0.717) is 42.4 Å². The topological polar surface area (TPSA) is 69.9 Å². The fraction of sp³-hybridized carbons (Fsp3) is 0.464. The number of rotatable bonds is 11. The summed E-state index contributed by atoms with van der Waals surface area (Å²) in [6.07, 6.45) is -1.73. The van der Waals surface area contributed by atoms with E-state index in [1.807, 2.05) is 32.2 Å². The van der Waals surface area contributed by atoms with Crippen LogP contribution in [0.5, 0.6) is 17.2 Å². The molecule has 0 fully saturated rings. The van der Waals surface area contributed by atoms with E-state index in [-0.39, 0.29) is 17.9 Å². The summed E-state index contributed by atoms with van der Waals surface area (Å²) in [6, 6.07) is 10.5. The third-order valence-corrected chi connectivity index (χ3v) is 6.62. The average molecular weight is 520 g/mol. The van der Waals surface area contributed by atoms with E-state index in [2.05, 4.69) is 4.57 Å². The standard InChI is InChI=1S/C28H32F3NO5/c1-4-6-20-24(10-8-21-26(28(29,30)31)23(5-2)37-27(20)21)36-15-17(3)14-32-12-11-18-13-19(7-9-22(18)32)35-16-25(33)34/h7-13,17,23,26H,4-6,14-16H2,1-3H3,(H,33,34)/t17?,23?,26-/m1/s1. The van der Waals surface area contributed by atoms with Gasteiger partial charge in [-0.15, -0.1) is 0 Å². The molecule has 0 aliphatic carbocycles. The number of ether oxygens (including phenoxy) is 3. The molecule has 2 unspecified atom stereocenters. The SMILES string of the molecule is CCCc1c(OCC(C)Cn2ccc3cc(OCC(=O)O)ccc32)ccc2c1OC(CC)[C@@H]2C(F)(F)F. The normalized spacial score (nSPS) is 17.9. The molecule has 37 heavy (non-hydrogen) atoms. The first-order chi connectivity index (χ1) is 17.6. The van der Waals surface area contributed by atoms with Crippen LogP contribution in [0.1, 0.15) is 50.7 Å². The predicted octanol–water partition coefficient (Wildman–Crippen LogP) is 6.59. The molecule has 2 aromatic carbocycles. The molecular formula is C28H32F3NO5. The van der Waals surface area contributed by atoms with Gasteiger partial charge in [0.05, 0.1) is 6.61 Å². The molecule has 2 heterocycles. The number of halogens is 3. The molecule has 9 heteroatoms. The maximum atomic E-state index is 13.8. The van der Waals surface area contributed by atoms with Gasteiger partial charge in [0.25, 0.3) is 0 Å². The number of nitrogens with zero attached hydrogens (tertiary/aromatic N) is 1. The molecule has 0 saturated heterocycles. The maximum Gasteiger partial charge on any atom is 0.399 e. The summed E-state index contributed by atoms with van der Waals surface area (Å²) in [4.78, 5) is 10.7. The van der Waals surface area contributed by atoms with Gasteiger partial charge in [-0.1, -0.05) is 33.3 Å². The Kier molecular flexibility index (Phi) is 7.90. The van der Waals surface area contributed by atoms with E-state index in [1.54, 1.807) is 25.1 Å². The first-order valence-corrected chi connectivity index (χ1v) is 12.6. The van der Waals surface area contributed by atoms with Crippen LogP contribution in [0.2, 0.25) is 0 Å². The summed E-state index contributed by atoms with van der Waals surface area (Å²) in [5, 5.41) is 9.72. The summed E-state index contributed by atoms with van der Waals surface area (Å²) in [6.45, 7) is 6.39. The second-order valence-corrected chi connectivity index (χ2v) is 9.58. The zero-order valence-electron chi connectivity index (χ0n) is 21.2. The highest BCUT2D eigenvalue weighted by atomic mass is 19.4. The number of aromatic nitrogens is 1. The molecule has 3 aromatic rings. The fourth-order valence-electron chi connectivity index (χ4n) is 4.95. The number of benzene rings is 2. The predicted molar refractivity (Wildman–Crippen MR) is 134 cm³/mol. The number of carbonyl (C=O) groups is 1. The minimum atomic E-state index is -4.37. The molecule has 1 aromatic heterocycles. The van der Waals surface area contributed by atoms with Crippen molar-refractivity contribution in [3.8, 4) is 17.2 Å². The van der Waals surface area contributed by atoms with Crippen molar-refractivity contribution < 1.29 is 37.3 Å². The lowest BCUT2D eigenvalue weighted by Crippen LogP contribution is -2.30. The van der Waals surface area contributed by atoms with E-state index in [1.165, 1.54) is 6.07 Å². The molecule has 0 bridgehead atoms. The minimum absolute atomic E-state index is 0.105. The van der Waals surface area contributed by atoms with Gasteiger partial charge < -0.3 is 23.9 Å². The van der Waals surface area contributed by atoms with Crippen molar-refractivity contribution in [3.63, 3.8) is 0 Å². The van der Waals surface area contributed by atoms with E-state index in [9.17, 15) is 18.0 Å². The number of aliphatic carboxylic acids is 1. The maximum absolute atomic E-state index is 13.8. The Morgan fingerprint density at radius 3 is 2.62 bits per heavy atom. The molecule has 3 atom stereocenters. The highest BCUT2D eigenvalue weighted by Crippen LogP contribution is 2.51. The van der Waals surface area contributed by atoms with Crippen LogP contribution in [0.25, 0.3) is 10.9 Å². The van der Waals surface area contributed by atoms with Crippen molar-refractivity contribution in [1.29, 1.82) is 0 Å². The second-order valence-electron chi connectivity index (χ2n) is 9.58. The third kappa shape index (κ3) is 5.81. The number of hydrogen-bond acceptors (Lipinski definition) is 4. The number of hydrogen-bond donors (Lipinski definition) is 1. The van der Waals surface area contributed by atoms with Crippen molar-refractivity contribution in [2.45, 2.75) is 64.8 Å². The largest absolute Gasteiger partial charge is 0.493 e. The Bertz CT molecular complexity index is 1250. The van der Waals surface area contributed by atoms with Crippen LogP contribution in [0.15, 0.2) is 42.6 Å². The second kappa shape index (κ2) is 10.9. The third-order valence-electron chi connectivity index (χ3n) is 6.62. The summed E-state index contributed by atoms with van der Waals surface area (Å²) in [5.41, 5.74) is 1.89. The van der Waals surface area contributed by atoms with Crippen LogP contribution in [-0.2, 0) is 17.8 Å². The lowest BCUT2D eigenvalue weighted by Gasteiger charge is -2.20. The van der Waals surface area contributed by atoms with Crippen molar-refractivity contribution in [2.75, 3.05) is 13.2 Å². The molecule has 1 aliphatic rings. The molecular weight excluding hydrogens is 487 g/mol. The zero-order valence-corrected chi connectivity index (χ0v) is 21.2. The molecule has 0 spiro atoms. The van der Waals surface area contributed by atoms with Gasteiger partial charge in [0.1, 0.15) is 29.3 Å². The van der Waals surface area contributed by atoms with Gasteiger partial charge in [0, 0.05) is 40.7 Å². The van der Waals surface area contributed by atoms with E-state index in [0.717, 1.165) is 17.3 Å². The Labute approximate surface area is 213 Å². The molecule has 4 rings (SSSR count). The molecule has 0 radical (unpaired) electrons. The molecule has 0 amide bonds. The summed E-state index contributed by atoms with van der Waals surface area (Å²) in [7, 11) is 0. The molecule has 6 nitrogen and oxygen atoms in total. The number of carboxylic acid groups (broad SMARTS) is 1. The monoisotopic (exact) mass is 519 g/mol. The lowest BCUT2D eigenvalue weighted by molar-refractivity contribution is -0.162. The smallest absolute Gasteiger partial charge is 0.399 e. The van der Waals surface area contributed by atoms with Gasteiger partial charge in [0.2, 0.25) is 0 Å². The van der Waals surface area contributed by atoms with Crippen LogP contribution < -0.4 is 14.2 Å². The average Bonchev–Trinajstić information content (AvgIpc) is 3.43.